The first-order valence-electron chi connectivity index (χ1n) is 7.77. The molecule has 1 aromatic carbocycles. The molecule has 1 aliphatic rings. The van der Waals surface area contributed by atoms with Crippen LogP contribution in [0.4, 0.5) is 11.4 Å². The second-order valence-corrected chi connectivity index (χ2v) is 6.43. The lowest BCUT2D eigenvalue weighted by atomic mass is 10.2. The Bertz CT molecular complexity index is 697. The summed E-state index contributed by atoms with van der Waals surface area (Å²) >= 11 is 1.54. The molecule has 7 heteroatoms. The van der Waals surface area contributed by atoms with Crippen molar-refractivity contribution < 1.29 is 14.3 Å². The van der Waals surface area contributed by atoms with E-state index in [0.717, 1.165) is 11.4 Å². The summed E-state index contributed by atoms with van der Waals surface area (Å²) in [6, 6.07) is 11.0. The standard InChI is InChI=1S/C17H19N3O3S/c21-16(10-12-4-3-9-24-12)19-13-5-1-2-6-14(13)20-17(22)15-11-18-7-8-23-15/h1-6,9,15,18H,7-8,10-11H2,(H,19,21)(H,20,22). The van der Waals surface area contributed by atoms with E-state index in [1.54, 1.807) is 23.5 Å². The lowest BCUT2D eigenvalue weighted by Gasteiger charge is -2.23. The van der Waals surface area contributed by atoms with Crippen LogP contribution < -0.4 is 16.0 Å². The SMILES string of the molecule is O=C(Cc1cccs1)Nc1ccccc1NC(=O)C1CNCCO1. The fraction of sp³-hybridized carbons (Fsp3) is 0.294. The normalized spacial score (nSPS) is 17.2. The second kappa shape index (κ2) is 8.05. The third-order valence-electron chi connectivity index (χ3n) is 3.59. The Hall–Kier alpha value is -2.22. The molecule has 126 valence electrons. The van der Waals surface area contributed by atoms with Crippen molar-refractivity contribution in [2.75, 3.05) is 30.3 Å². The Morgan fingerprint density at radius 1 is 1.17 bits per heavy atom. The van der Waals surface area contributed by atoms with Gasteiger partial charge in [0.2, 0.25) is 5.91 Å². The summed E-state index contributed by atoms with van der Waals surface area (Å²) < 4.78 is 5.44. The van der Waals surface area contributed by atoms with E-state index in [-0.39, 0.29) is 11.8 Å². The monoisotopic (exact) mass is 345 g/mol. The minimum atomic E-state index is -0.520. The summed E-state index contributed by atoms with van der Waals surface area (Å²) in [5.74, 6) is -0.336. The van der Waals surface area contributed by atoms with Crippen molar-refractivity contribution in [2.45, 2.75) is 12.5 Å². The third-order valence-corrected chi connectivity index (χ3v) is 4.47. The molecular weight excluding hydrogens is 326 g/mol. The molecule has 3 N–H and O–H groups in total. The van der Waals surface area contributed by atoms with Crippen LogP contribution >= 0.6 is 11.3 Å². The molecule has 1 saturated heterocycles. The van der Waals surface area contributed by atoms with Crippen LogP contribution in [-0.2, 0) is 20.7 Å². The average molecular weight is 345 g/mol. The maximum atomic E-state index is 12.3. The Morgan fingerprint density at radius 3 is 2.62 bits per heavy atom. The van der Waals surface area contributed by atoms with Gasteiger partial charge in [0.15, 0.2) is 0 Å². The molecule has 0 bridgehead atoms. The van der Waals surface area contributed by atoms with E-state index in [0.29, 0.717) is 30.9 Å². The van der Waals surface area contributed by atoms with Crippen LogP contribution in [0.2, 0.25) is 0 Å². The van der Waals surface area contributed by atoms with E-state index in [2.05, 4.69) is 16.0 Å². The van der Waals surface area contributed by atoms with Crippen LogP contribution in [-0.4, -0.2) is 37.6 Å². The molecule has 1 aromatic heterocycles. The van der Waals surface area contributed by atoms with Crippen LogP contribution in [0, 0.1) is 0 Å². The van der Waals surface area contributed by atoms with Gasteiger partial charge < -0.3 is 20.7 Å². The minimum Gasteiger partial charge on any atom is -0.366 e. The first-order valence-corrected chi connectivity index (χ1v) is 8.65. The van der Waals surface area contributed by atoms with Crippen molar-refractivity contribution in [2.24, 2.45) is 0 Å². The molecule has 0 spiro atoms. The van der Waals surface area contributed by atoms with Gasteiger partial charge >= 0.3 is 0 Å². The number of anilines is 2. The van der Waals surface area contributed by atoms with Crippen LogP contribution in [0.25, 0.3) is 0 Å². The van der Waals surface area contributed by atoms with Crippen molar-refractivity contribution in [3.05, 3.63) is 46.7 Å². The fourth-order valence-electron chi connectivity index (χ4n) is 2.41. The number of ether oxygens (including phenoxy) is 1. The molecule has 0 radical (unpaired) electrons. The topological polar surface area (TPSA) is 79.5 Å². The van der Waals surface area contributed by atoms with Gasteiger partial charge in [-0.3, -0.25) is 9.59 Å². The molecule has 2 amide bonds. The van der Waals surface area contributed by atoms with Gasteiger partial charge in [0.25, 0.3) is 5.91 Å². The van der Waals surface area contributed by atoms with Crippen molar-refractivity contribution in [1.82, 2.24) is 5.32 Å². The number of hydrogen-bond acceptors (Lipinski definition) is 5. The number of rotatable bonds is 5. The number of carbonyl (C=O) groups is 2. The molecule has 0 saturated carbocycles. The molecule has 1 fully saturated rings. The number of nitrogens with one attached hydrogen (secondary N) is 3. The van der Waals surface area contributed by atoms with E-state index >= 15 is 0 Å². The first kappa shape index (κ1) is 16.6. The highest BCUT2D eigenvalue weighted by Crippen LogP contribution is 2.22. The Morgan fingerprint density at radius 2 is 1.96 bits per heavy atom. The van der Waals surface area contributed by atoms with E-state index < -0.39 is 6.10 Å². The smallest absolute Gasteiger partial charge is 0.254 e. The lowest BCUT2D eigenvalue weighted by Crippen LogP contribution is -2.45. The Kier molecular flexibility index (Phi) is 5.58. The summed E-state index contributed by atoms with van der Waals surface area (Å²) in [4.78, 5) is 25.4. The van der Waals surface area contributed by atoms with Crippen molar-refractivity contribution in [1.29, 1.82) is 0 Å². The number of morpholine rings is 1. The van der Waals surface area contributed by atoms with Crippen molar-refractivity contribution in [3.63, 3.8) is 0 Å². The number of amides is 2. The van der Waals surface area contributed by atoms with Gasteiger partial charge in [-0.15, -0.1) is 11.3 Å². The molecule has 0 aliphatic carbocycles. The summed E-state index contributed by atoms with van der Waals surface area (Å²) in [5.41, 5.74) is 1.15. The van der Waals surface area contributed by atoms with Crippen molar-refractivity contribution >= 4 is 34.5 Å². The van der Waals surface area contributed by atoms with Gasteiger partial charge in [0, 0.05) is 18.0 Å². The minimum absolute atomic E-state index is 0.116. The molecule has 24 heavy (non-hydrogen) atoms. The summed E-state index contributed by atoms with van der Waals surface area (Å²) in [6.45, 7) is 1.75. The molecule has 2 aromatic rings. The maximum absolute atomic E-state index is 12.3. The Balaban J connectivity index is 1.64. The Labute approximate surface area is 144 Å². The van der Waals surface area contributed by atoms with Gasteiger partial charge in [-0.05, 0) is 23.6 Å². The van der Waals surface area contributed by atoms with Crippen LogP contribution in [0.15, 0.2) is 41.8 Å². The highest BCUT2D eigenvalue weighted by atomic mass is 32.1. The van der Waals surface area contributed by atoms with E-state index in [4.69, 9.17) is 4.74 Å². The number of hydrogen-bond donors (Lipinski definition) is 3. The summed E-state index contributed by atoms with van der Waals surface area (Å²) in [6.07, 6.45) is -0.205. The molecular formula is C17H19N3O3S. The third kappa shape index (κ3) is 4.41. The number of para-hydroxylation sites is 2. The molecule has 1 unspecified atom stereocenters. The zero-order chi connectivity index (χ0) is 16.8. The van der Waals surface area contributed by atoms with Gasteiger partial charge in [-0.2, -0.15) is 0 Å². The van der Waals surface area contributed by atoms with E-state index in [1.807, 2.05) is 29.6 Å². The van der Waals surface area contributed by atoms with E-state index in [9.17, 15) is 9.59 Å². The fourth-order valence-corrected chi connectivity index (χ4v) is 3.12. The second-order valence-electron chi connectivity index (χ2n) is 5.40. The number of carbonyl (C=O) groups excluding carboxylic acids is 2. The summed E-state index contributed by atoms with van der Waals surface area (Å²) in [7, 11) is 0. The molecule has 3 rings (SSSR count). The quantitative estimate of drug-likeness (QED) is 0.773. The van der Waals surface area contributed by atoms with Crippen LogP contribution in [0.3, 0.4) is 0 Å². The van der Waals surface area contributed by atoms with Gasteiger partial charge in [0.1, 0.15) is 6.10 Å². The van der Waals surface area contributed by atoms with Crippen molar-refractivity contribution in [3.8, 4) is 0 Å². The predicted octanol–water partition coefficient (Wildman–Crippen LogP) is 1.86. The van der Waals surface area contributed by atoms with Gasteiger partial charge in [-0.1, -0.05) is 18.2 Å². The zero-order valence-corrected chi connectivity index (χ0v) is 13.9. The molecule has 2 heterocycles. The van der Waals surface area contributed by atoms with Gasteiger partial charge in [-0.25, -0.2) is 0 Å². The summed E-state index contributed by atoms with van der Waals surface area (Å²) in [5, 5.41) is 10.7. The van der Waals surface area contributed by atoms with E-state index in [1.165, 1.54) is 0 Å². The lowest BCUT2D eigenvalue weighted by molar-refractivity contribution is -0.128. The largest absolute Gasteiger partial charge is 0.366 e. The predicted molar refractivity (Wildman–Crippen MR) is 94.3 cm³/mol. The highest BCUT2D eigenvalue weighted by molar-refractivity contribution is 7.10. The van der Waals surface area contributed by atoms with Crippen LogP contribution in [0.5, 0.6) is 0 Å². The van der Waals surface area contributed by atoms with Crippen LogP contribution in [0.1, 0.15) is 4.88 Å². The first-order chi connectivity index (χ1) is 11.7. The molecule has 1 aliphatic heterocycles. The van der Waals surface area contributed by atoms with Gasteiger partial charge in [0.05, 0.1) is 24.4 Å². The number of benzene rings is 1. The average Bonchev–Trinajstić information content (AvgIpc) is 3.10. The number of thiophene rings is 1. The molecule has 1 atom stereocenters. The highest BCUT2D eigenvalue weighted by Gasteiger charge is 2.22. The molecule has 6 nitrogen and oxygen atoms in total. The maximum Gasteiger partial charge on any atom is 0.254 e. The zero-order valence-electron chi connectivity index (χ0n) is 13.1.